The van der Waals surface area contributed by atoms with Crippen LogP contribution in [0.3, 0.4) is 0 Å². The normalized spacial score (nSPS) is 18.9. The minimum absolute atomic E-state index is 0.0716. The van der Waals surface area contributed by atoms with E-state index in [9.17, 15) is 13.6 Å². The minimum atomic E-state index is -2.74. The summed E-state index contributed by atoms with van der Waals surface area (Å²) in [6.45, 7) is 5.05. The fourth-order valence-corrected chi connectivity index (χ4v) is 5.06. The number of halogens is 2. The highest BCUT2D eigenvalue weighted by Crippen LogP contribution is 2.41. The maximum absolute atomic E-state index is 13.7. The topological polar surface area (TPSA) is 77.8 Å². The molecule has 3 aromatic rings. The molecule has 1 aliphatic carbocycles. The second-order valence-electron chi connectivity index (χ2n) is 9.18. The number of amides is 2. The number of nitrogens with one attached hydrogen (secondary N) is 2. The Morgan fingerprint density at radius 3 is 2.91 bits per heavy atom. The van der Waals surface area contributed by atoms with E-state index in [0.717, 1.165) is 30.9 Å². The van der Waals surface area contributed by atoms with Gasteiger partial charge in [0.2, 0.25) is 0 Å². The Morgan fingerprint density at radius 2 is 2.12 bits per heavy atom. The highest BCUT2D eigenvalue weighted by molar-refractivity contribution is 6.03. The maximum Gasteiger partial charge on any atom is 0.327 e. The van der Waals surface area contributed by atoms with Crippen LogP contribution in [0.4, 0.5) is 30.8 Å². The summed E-state index contributed by atoms with van der Waals surface area (Å²) < 4.78 is 29.1. The third-order valence-electron chi connectivity index (χ3n) is 6.89. The number of anilines is 3. The summed E-state index contributed by atoms with van der Waals surface area (Å²) in [6.07, 6.45) is 5.29. The van der Waals surface area contributed by atoms with E-state index < -0.39 is 12.5 Å². The van der Waals surface area contributed by atoms with Gasteiger partial charge in [-0.1, -0.05) is 0 Å². The molecule has 8 nitrogen and oxygen atoms in total. The Bertz CT molecular complexity index is 1250. The molecule has 0 radical (unpaired) electrons. The Kier molecular flexibility index (Phi) is 4.55. The largest absolute Gasteiger partial charge is 0.368 e. The molecule has 0 atom stereocenters. The van der Waals surface area contributed by atoms with Crippen molar-refractivity contribution in [3.05, 3.63) is 47.5 Å². The van der Waals surface area contributed by atoms with Crippen molar-refractivity contribution in [1.82, 2.24) is 19.7 Å². The van der Waals surface area contributed by atoms with Crippen LogP contribution in [0.15, 0.2) is 30.7 Å². The molecule has 1 saturated heterocycles. The summed E-state index contributed by atoms with van der Waals surface area (Å²) in [5, 5.41) is 6.31. The lowest BCUT2D eigenvalue weighted by atomic mass is 10.1. The molecule has 2 fully saturated rings. The average Bonchev–Trinajstić information content (AvgIpc) is 3.22. The number of urea groups is 1. The van der Waals surface area contributed by atoms with Gasteiger partial charge in [-0.05, 0) is 38.3 Å². The van der Waals surface area contributed by atoms with Crippen molar-refractivity contribution in [1.29, 1.82) is 0 Å². The third-order valence-corrected chi connectivity index (χ3v) is 6.89. The monoisotopic (exact) mass is 453 g/mol. The van der Waals surface area contributed by atoms with Gasteiger partial charge in [0.15, 0.2) is 0 Å². The van der Waals surface area contributed by atoms with E-state index in [1.165, 1.54) is 25.1 Å². The quantitative estimate of drug-likeness (QED) is 0.635. The summed E-state index contributed by atoms with van der Waals surface area (Å²) in [5.74, 6) is 0.603. The van der Waals surface area contributed by atoms with Gasteiger partial charge < -0.3 is 19.9 Å². The Hall–Kier alpha value is -3.27. The standard InChI is InChI=1S/C23H25F2N7O/c1-14-11-31-12-17(16(20(24)25)10-19(31)28-14)29-22(33)32-8-3-15-18(2-6-26-21(15)32)30-9-7-27-23(13-30)4-5-23/h2,6,10-12,20,27H,3-5,7-9,13H2,1H3,(H,29,33). The van der Waals surface area contributed by atoms with Crippen LogP contribution in [0.1, 0.15) is 36.1 Å². The van der Waals surface area contributed by atoms with E-state index in [0.29, 0.717) is 30.1 Å². The van der Waals surface area contributed by atoms with Crippen LogP contribution < -0.4 is 20.4 Å². The number of hydrogen-bond donors (Lipinski definition) is 2. The van der Waals surface area contributed by atoms with Crippen molar-refractivity contribution >= 4 is 28.9 Å². The number of pyridine rings is 2. The number of piperazine rings is 1. The number of nitrogens with zero attached hydrogens (tertiary/aromatic N) is 5. The van der Waals surface area contributed by atoms with Crippen LogP contribution in [0.25, 0.3) is 5.65 Å². The SMILES string of the molecule is Cc1cn2cc(NC(=O)N3CCc4c(N5CCNC6(CC6)C5)ccnc43)c(C(F)F)cc2n1. The van der Waals surface area contributed by atoms with Crippen LogP contribution in [-0.4, -0.2) is 52.1 Å². The lowest BCUT2D eigenvalue weighted by molar-refractivity contribution is 0.152. The fraction of sp³-hybridized carbons (Fsp3) is 0.435. The number of hydrogen-bond acceptors (Lipinski definition) is 5. The smallest absolute Gasteiger partial charge is 0.327 e. The van der Waals surface area contributed by atoms with Gasteiger partial charge in [0.05, 0.1) is 11.4 Å². The molecule has 2 aliphatic heterocycles. The van der Waals surface area contributed by atoms with Crippen molar-refractivity contribution in [3.8, 4) is 0 Å². The first-order valence-corrected chi connectivity index (χ1v) is 11.3. The summed E-state index contributed by atoms with van der Waals surface area (Å²) >= 11 is 0. The number of rotatable bonds is 3. The molecule has 0 bridgehead atoms. The van der Waals surface area contributed by atoms with Gasteiger partial charge >= 0.3 is 6.03 Å². The molecule has 2 amide bonds. The first kappa shape index (κ1) is 20.3. The predicted molar refractivity (Wildman–Crippen MR) is 121 cm³/mol. The van der Waals surface area contributed by atoms with Gasteiger partial charge in [-0.25, -0.2) is 23.5 Å². The molecule has 172 valence electrons. The molecule has 3 aromatic heterocycles. The molecule has 6 rings (SSSR count). The van der Waals surface area contributed by atoms with Crippen molar-refractivity contribution in [2.45, 2.75) is 38.2 Å². The van der Waals surface area contributed by atoms with E-state index in [4.69, 9.17) is 0 Å². The number of alkyl halides is 2. The number of aryl methyl sites for hydroxylation is 1. The zero-order valence-corrected chi connectivity index (χ0v) is 18.3. The van der Waals surface area contributed by atoms with Crippen LogP contribution in [0.2, 0.25) is 0 Å². The molecule has 0 aromatic carbocycles. The first-order chi connectivity index (χ1) is 15.9. The molecule has 1 saturated carbocycles. The minimum Gasteiger partial charge on any atom is -0.368 e. The summed E-state index contributed by atoms with van der Waals surface area (Å²) in [7, 11) is 0. The van der Waals surface area contributed by atoms with Crippen LogP contribution in [0, 0.1) is 6.92 Å². The number of aromatic nitrogens is 3. The Labute approximate surface area is 189 Å². The van der Waals surface area contributed by atoms with Crippen molar-refractivity contribution in [2.24, 2.45) is 0 Å². The average molecular weight is 453 g/mol. The highest BCUT2D eigenvalue weighted by atomic mass is 19.3. The zero-order valence-electron chi connectivity index (χ0n) is 18.3. The molecule has 33 heavy (non-hydrogen) atoms. The molecule has 10 heteroatoms. The van der Waals surface area contributed by atoms with Gasteiger partial charge in [-0.3, -0.25) is 4.90 Å². The van der Waals surface area contributed by atoms with Crippen LogP contribution in [-0.2, 0) is 6.42 Å². The molecule has 5 heterocycles. The van der Waals surface area contributed by atoms with E-state index in [1.54, 1.807) is 28.6 Å². The molecular formula is C23H25F2N7O. The molecule has 0 unspecified atom stereocenters. The van der Waals surface area contributed by atoms with Crippen molar-refractivity contribution < 1.29 is 13.6 Å². The van der Waals surface area contributed by atoms with Gasteiger partial charge in [-0.2, -0.15) is 0 Å². The number of imidazole rings is 1. The van der Waals surface area contributed by atoms with E-state index in [1.807, 2.05) is 6.07 Å². The summed E-state index contributed by atoms with van der Waals surface area (Å²) in [6, 6.07) is 2.88. The van der Waals surface area contributed by atoms with Crippen molar-refractivity contribution in [3.63, 3.8) is 0 Å². The van der Waals surface area contributed by atoms with Crippen molar-refractivity contribution in [2.75, 3.05) is 41.3 Å². The Morgan fingerprint density at radius 1 is 1.27 bits per heavy atom. The first-order valence-electron chi connectivity index (χ1n) is 11.3. The number of fused-ring (bicyclic) bond motifs is 2. The van der Waals surface area contributed by atoms with E-state index >= 15 is 0 Å². The Balaban J connectivity index is 1.28. The summed E-state index contributed by atoms with van der Waals surface area (Å²) in [4.78, 5) is 25.8. The van der Waals surface area contributed by atoms with E-state index in [2.05, 4.69) is 25.5 Å². The van der Waals surface area contributed by atoms with Gasteiger partial charge in [0.25, 0.3) is 6.43 Å². The lowest BCUT2D eigenvalue weighted by Crippen LogP contribution is -2.52. The molecule has 2 N–H and O–H groups in total. The maximum atomic E-state index is 13.7. The molecule has 1 spiro atoms. The fourth-order valence-electron chi connectivity index (χ4n) is 5.06. The predicted octanol–water partition coefficient (Wildman–Crippen LogP) is 3.51. The second-order valence-corrected chi connectivity index (χ2v) is 9.18. The van der Waals surface area contributed by atoms with Gasteiger partial charge in [0, 0.05) is 67.1 Å². The molecule has 3 aliphatic rings. The number of carbonyl (C=O) groups excluding carboxylic acids is 1. The second kappa shape index (κ2) is 7.38. The van der Waals surface area contributed by atoms with Gasteiger partial charge in [-0.15, -0.1) is 0 Å². The number of carbonyl (C=O) groups is 1. The third kappa shape index (κ3) is 3.49. The van der Waals surface area contributed by atoms with Gasteiger partial charge in [0.1, 0.15) is 11.5 Å². The van der Waals surface area contributed by atoms with E-state index in [-0.39, 0.29) is 16.8 Å². The molecular weight excluding hydrogens is 428 g/mol. The van der Waals surface area contributed by atoms with Crippen LogP contribution >= 0.6 is 0 Å². The van der Waals surface area contributed by atoms with Crippen LogP contribution in [0.5, 0.6) is 0 Å². The lowest BCUT2D eigenvalue weighted by Gasteiger charge is -2.36. The zero-order chi connectivity index (χ0) is 22.7. The summed E-state index contributed by atoms with van der Waals surface area (Å²) in [5.41, 5.74) is 3.35. The highest BCUT2D eigenvalue weighted by Gasteiger charge is 2.46.